The second-order valence-corrected chi connectivity index (χ2v) is 4.93. The van der Waals surface area contributed by atoms with Crippen molar-refractivity contribution in [2.75, 3.05) is 7.11 Å². The minimum atomic E-state index is -0.909. The molecule has 1 aliphatic carbocycles. The minimum Gasteiger partial charge on any atom is -0.468 e. The second-order valence-electron chi connectivity index (χ2n) is 4.93. The summed E-state index contributed by atoms with van der Waals surface area (Å²) in [7, 11) is 1.25. The summed E-state index contributed by atoms with van der Waals surface area (Å²) in [5.74, 6) is -1.87. The Labute approximate surface area is 102 Å². The fourth-order valence-electron chi connectivity index (χ4n) is 1.94. The standard InChI is InChI=1S/C13H20O4/c1-8(2)12(15)10(13(16)17-3)7-11(14)9-5-4-6-9/h8-10H,4-7H2,1-3H3. The molecule has 0 radical (unpaired) electrons. The zero-order valence-electron chi connectivity index (χ0n) is 10.7. The number of ketones is 2. The molecule has 1 atom stereocenters. The summed E-state index contributed by atoms with van der Waals surface area (Å²) in [5.41, 5.74) is 0. The van der Waals surface area contributed by atoms with E-state index in [0.717, 1.165) is 19.3 Å². The van der Waals surface area contributed by atoms with Crippen molar-refractivity contribution in [2.45, 2.75) is 39.5 Å². The zero-order chi connectivity index (χ0) is 13.0. The lowest BCUT2D eigenvalue weighted by Crippen LogP contribution is -2.33. The van der Waals surface area contributed by atoms with Crippen LogP contribution in [0.5, 0.6) is 0 Å². The molecule has 0 N–H and O–H groups in total. The molecule has 0 aromatic heterocycles. The van der Waals surface area contributed by atoms with E-state index in [-0.39, 0.29) is 29.8 Å². The summed E-state index contributed by atoms with van der Waals surface area (Å²) < 4.78 is 4.60. The fraction of sp³-hybridized carbons (Fsp3) is 0.769. The molecule has 17 heavy (non-hydrogen) atoms. The molecule has 4 nitrogen and oxygen atoms in total. The molecule has 0 spiro atoms. The van der Waals surface area contributed by atoms with Crippen LogP contribution in [0.2, 0.25) is 0 Å². The molecule has 1 aliphatic rings. The lowest BCUT2D eigenvalue weighted by Gasteiger charge is -2.25. The van der Waals surface area contributed by atoms with Crippen molar-refractivity contribution in [3.63, 3.8) is 0 Å². The van der Waals surface area contributed by atoms with Crippen LogP contribution in [-0.2, 0) is 19.1 Å². The molecule has 0 aromatic carbocycles. The van der Waals surface area contributed by atoms with Gasteiger partial charge in [-0.3, -0.25) is 14.4 Å². The Morgan fingerprint density at radius 1 is 1.24 bits per heavy atom. The van der Waals surface area contributed by atoms with Crippen molar-refractivity contribution in [3.05, 3.63) is 0 Å². The summed E-state index contributed by atoms with van der Waals surface area (Å²) in [4.78, 5) is 35.2. The van der Waals surface area contributed by atoms with Crippen molar-refractivity contribution in [3.8, 4) is 0 Å². The van der Waals surface area contributed by atoms with E-state index in [0.29, 0.717) is 0 Å². The summed E-state index contributed by atoms with van der Waals surface area (Å²) in [5, 5.41) is 0. The first kappa shape index (κ1) is 13.9. The number of hydrogen-bond donors (Lipinski definition) is 0. The van der Waals surface area contributed by atoms with Gasteiger partial charge in [-0.1, -0.05) is 20.3 Å². The topological polar surface area (TPSA) is 60.4 Å². The van der Waals surface area contributed by atoms with E-state index in [1.165, 1.54) is 7.11 Å². The molecule has 1 rings (SSSR count). The maximum absolute atomic E-state index is 11.9. The number of ether oxygens (including phenoxy) is 1. The van der Waals surface area contributed by atoms with Crippen LogP contribution in [0, 0.1) is 17.8 Å². The summed E-state index contributed by atoms with van der Waals surface area (Å²) >= 11 is 0. The molecule has 0 bridgehead atoms. The monoisotopic (exact) mass is 240 g/mol. The average Bonchev–Trinajstić information content (AvgIpc) is 2.21. The highest BCUT2D eigenvalue weighted by Crippen LogP contribution is 2.30. The van der Waals surface area contributed by atoms with Crippen LogP contribution in [0.1, 0.15) is 39.5 Å². The van der Waals surface area contributed by atoms with E-state index in [9.17, 15) is 14.4 Å². The molecule has 0 aromatic rings. The Hall–Kier alpha value is -1.19. The Bertz CT molecular complexity index is 315. The van der Waals surface area contributed by atoms with E-state index in [1.807, 2.05) is 0 Å². The molecule has 96 valence electrons. The number of hydrogen-bond acceptors (Lipinski definition) is 4. The number of carbonyl (C=O) groups excluding carboxylic acids is 3. The molecule has 0 heterocycles. The Morgan fingerprint density at radius 3 is 2.18 bits per heavy atom. The Kier molecular flexibility index (Phi) is 4.85. The molecule has 0 aliphatic heterocycles. The minimum absolute atomic E-state index is 0.00829. The predicted molar refractivity (Wildman–Crippen MR) is 62.3 cm³/mol. The van der Waals surface area contributed by atoms with Gasteiger partial charge in [-0.2, -0.15) is 0 Å². The number of carbonyl (C=O) groups is 3. The van der Waals surface area contributed by atoms with E-state index < -0.39 is 11.9 Å². The van der Waals surface area contributed by atoms with Crippen molar-refractivity contribution < 1.29 is 19.1 Å². The lowest BCUT2D eigenvalue weighted by atomic mass is 9.78. The van der Waals surface area contributed by atoms with Gasteiger partial charge < -0.3 is 4.74 Å². The molecular formula is C13H20O4. The lowest BCUT2D eigenvalue weighted by molar-refractivity contribution is -0.152. The summed E-state index contributed by atoms with van der Waals surface area (Å²) in [6.45, 7) is 3.46. The highest BCUT2D eigenvalue weighted by Gasteiger charge is 2.35. The predicted octanol–water partition coefficient (Wildman–Crippen LogP) is 1.76. The van der Waals surface area contributed by atoms with Crippen LogP contribution in [0.4, 0.5) is 0 Å². The third-order valence-corrected chi connectivity index (χ3v) is 3.36. The zero-order valence-corrected chi connectivity index (χ0v) is 10.7. The molecule has 0 amide bonds. The average molecular weight is 240 g/mol. The summed E-state index contributed by atoms with van der Waals surface area (Å²) in [6, 6.07) is 0. The quantitative estimate of drug-likeness (QED) is 0.524. The molecule has 4 heteroatoms. The van der Waals surface area contributed by atoms with Crippen LogP contribution < -0.4 is 0 Å². The fourth-order valence-corrected chi connectivity index (χ4v) is 1.94. The molecule has 1 saturated carbocycles. The van der Waals surface area contributed by atoms with Crippen LogP contribution in [0.3, 0.4) is 0 Å². The van der Waals surface area contributed by atoms with Gasteiger partial charge in [0.25, 0.3) is 0 Å². The van der Waals surface area contributed by atoms with Gasteiger partial charge >= 0.3 is 5.97 Å². The van der Waals surface area contributed by atoms with Crippen molar-refractivity contribution in [2.24, 2.45) is 17.8 Å². The first-order valence-electron chi connectivity index (χ1n) is 6.11. The molecule has 0 saturated heterocycles. The number of esters is 1. The largest absolute Gasteiger partial charge is 0.468 e. The third kappa shape index (κ3) is 3.38. The normalized spacial score (nSPS) is 17.4. The van der Waals surface area contributed by atoms with Gasteiger partial charge in [0.05, 0.1) is 7.11 Å². The maximum atomic E-state index is 11.9. The smallest absolute Gasteiger partial charge is 0.316 e. The van der Waals surface area contributed by atoms with Gasteiger partial charge in [0, 0.05) is 18.3 Å². The van der Waals surface area contributed by atoms with Crippen LogP contribution >= 0.6 is 0 Å². The van der Waals surface area contributed by atoms with Crippen molar-refractivity contribution >= 4 is 17.5 Å². The van der Waals surface area contributed by atoms with Gasteiger partial charge in [-0.05, 0) is 12.8 Å². The first-order valence-corrected chi connectivity index (χ1v) is 6.11. The maximum Gasteiger partial charge on any atom is 0.316 e. The Balaban J connectivity index is 2.66. The second kappa shape index (κ2) is 5.94. The van der Waals surface area contributed by atoms with Crippen LogP contribution in [0.25, 0.3) is 0 Å². The molecule has 1 unspecified atom stereocenters. The molecular weight excluding hydrogens is 220 g/mol. The third-order valence-electron chi connectivity index (χ3n) is 3.36. The van der Waals surface area contributed by atoms with Crippen molar-refractivity contribution in [1.82, 2.24) is 0 Å². The van der Waals surface area contributed by atoms with Crippen molar-refractivity contribution in [1.29, 1.82) is 0 Å². The number of Topliss-reactive ketones (excluding diaryl/α,β-unsaturated/α-hetero) is 2. The highest BCUT2D eigenvalue weighted by molar-refractivity contribution is 6.03. The number of rotatable bonds is 6. The van der Waals surface area contributed by atoms with Crippen LogP contribution in [-0.4, -0.2) is 24.6 Å². The van der Waals surface area contributed by atoms with E-state index in [2.05, 4.69) is 4.74 Å². The van der Waals surface area contributed by atoms with E-state index in [4.69, 9.17) is 0 Å². The molecule has 1 fully saturated rings. The van der Waals surface area contributed by atoms with Gasteiger partial charge in [0.15, 0.2) is 0 Å². The SMILES string of the molecule is COC(=O)C(CC(=O)C1CCC1)C(=O)C(C)C. The van der Waals surface area contributed by atoms with Gasteiger partial charge in [-0.15, -0.1) is 0 Å². The van der Waals surface area contributed by atoms with Gasteiger partial charge in [-0.25, -0.2) is 0 Å². The Morgan fingerprint density at radius 2 is 1.82 bits per heavy atom. The first-order chi connectivity index (χ1) is 7.97. The van der Waals surface area contributed by atoms with Crippen LogP contribution in [0.15, 0.2) is 0 Å². The highest BCUT2D eigenvalue weighted by atomic mass is 16.5. The van der Waals surface area contributed by atoms with Gasteiger partial charge in [0.1, 0.15) is 17.5 Å². The van der Waals surface area contributed by atoms with E-state index in [1.54, 1.807) is 13.8 Å². The number of methoxy groups -OCH3 is 1. The summed E-state index contributed by atoms with van der Waals surface area (Å²) in [6.07, 6.45) is 2.86. The van der Waals surface area contributed by atoms with E-state index >= 15 is 0 Å². The van der Waals surface area contributed by atoms with Gasteiger partial charge in [0.2, 0.25) is 0 Å².